The van der Waals surface area contributed by atoms with E-state index in [1.54, 1.807) is 21.1 Å². The summed E-state index contributed by atoms with van der Waals surface area (Å²) < 4.78 is 15.9. The molecule has 0 unspecified atom stereocenters. The first-order valence-electron chi connectivity index (χ1n) is 5.53. The van der Waals surface area contributed by atoms with Gasteiger partial charge in [0, 0.05) is 5.56 Å². The molecular formula is C13H16N2O3. The molecular weight excluding hydrogens is 232 g/mol. The zero-order valence-corrected chi connectivity index (χ0v) is 10.9. The lowest BCUT2D eigenvalue weighted by atomic mass is 10.1. The van der Waals surface area contributed by atoms with Crippen molar-refractivity contribution in [3.8, 4) is 22.8 Å². The Labute approximate surface area is 105 Å². The largest absolute Gasteiger partial charge is 0.496 e. The van der Waals surface area contributed by atoms with Crippen molar-refractivity contribution in [3.63, 3.8) is 0 Å². The minimum atomic E-state index is 0.523. The first kappa shape index (κ1) is 12.3. The molecule has 0 radical (unpaired) electrons. The molecule has 0 spiro atoms. The van der Waals surface area contributed by atoms with Gasteiger partial charge in [0.1, 0.15) is 22.9 Å². The van der Waals surface area contributed by atoms with Crippen LogP contribution >= 0.6 is 0 Å². The molecule has 2 aromatic rings. The second kappa shape index (κ2) is 4.60. The molecule has 18 heavy (non-hydrogen) atoms. The molecule has 0 aliphatic rings. The normalized spacial score (nSPS) is 10.4. The number of aromatic nitrogens is 1. The van der Waals surface area contributed by atoms with Crippen molar-refractivity contribution >= 4 is 5.69 Å². The number of ether oxygens (including phenoxy) is 2. The Balaban J connectivity index is 2.65. The van der Waals surface area contributed by atoms with Crippen molar-refractivity contribution in [2.45, 2.75) is 13.8 Å². The molecule has 0 amide bonds. The first-order valence-corrected chi connectivity index (χ1v) is 5.53. The van der Waals surface area contributed by atoms with Crippen molar-refractivity contribution in [2.24, 2.45) is 0 Å². The average Bonchev–Trinajstić information content (AvgIpc) is 2.69. The highest BCUT2D eigenvalue weighted by atomic mass is 16.5. The number of methoxy groups -OCH3 is 2. The van der Waals surface area contributed by atoms with Gasteiger partial charge in [-0.25, -0.2) is 0 Å². The van der Waals surface area contributed by atoms with Gasteiger partial charge in [-0.2, -0.15) is 0 Å². The van der Waals surface area contributed by atoms with Gasteiger partial charge in [0.2, 0.25) is 0 Å². The molecule has 1 aromatic carbocycles. The van der Waals surface area contributed by atoms with Crippen LogP contribution in [-0.4, -0.2) is 19.4 Å². The van der Waals surface area contributed by atoms with Gasteiger partial charge in [-0.1, -0.05) is 5.16 Å². The highest BCUT2D eigenvalue weighted by molar-refractivity contribution is 5.78. The fourth-order valence-corrected chi connectivity index (χ4v) is 1.91. The second-order valence-electron chi connectivity index (χ2n) is 3.98. The zero-order valence-electron chi connectivity index (χ0n) is 10.9. The van der Waals surface area contributed by atoms with Gasteiger partial charge in [0.15, 0.2) is 5.76 Å². The van der Waals surface area contributed by atoms with E-state index in [4.69, 9.17) is 19.7 Å². The maximum atomic E-state index is 5.94. The van der Waals surface area contributed by atoms with E-state index in [1.807, 2.05) is 19.1 Å². The molecule has 1 heterocycles. The molecule has 2 rings (SSSR count). The van der Waals surface area contributed by atoms with E-state index in [1.165, 1.54) is 0 Å². The van der Waals surface area contributed by atoms with Gasteiger partial charge in [0.05, 0.1) is 19.8 Å². The maximum Gasteiger partial charge on any atom is 0.193 e. The third-order valence-corrected chi connectivity index (χ3v) is 2.93. The molecule has 2 N–H and O–H groups in total. The number of hydrogen-bond donors (Lipinski definition) is 1. The summed E-state index contributed by atoms with van der Waals surface area (Å²) in [7, 11) is 3.22. The minimum Gasteiger partial charge on any atom is -0.496 e. The van der Waals surface area contributed by atoms with Crippen LogP contribution in [-0.2, 0) is 0 Å². The Bertz CT molecular complexity index is 576. The summed E-state index contributed by atoms with van der Waals surface area (Å²) in [6.07, 6.45) is 0. The van der Waals surface area contributed by atoms with E-state index < -0.39 is 0 Å². The molecule has 0 aliphatic carbocycles. The Morgan fingerprint density at radius 3 is 2.39 bits per heavy atom. The van der Waals surface area contributed by atoms with E-state index in [0.29, 0.717) is 22.9 Å². The van der Waals surface area contributed by atoms with Crippen molar-refractivity contribution in [1.82, 2.24) is 5.16 Å². The van der Waals surface area contributed by atoms with Crippen LogP contribution in [0.25, 0.3) is 11.3 Å². The van der Waals surface area contributed by atoms with Crippen LogP contribution in [0.1, 0.15) is 11.3 Å². The van der Waals surface area contributed by atoms with Crippen LogP contribution < -0.4 is 15.2 Å². The Kier molecular flexibility index (Phi) is 3.14. The Morgan fingerprint density at radius 2 is 1.89 bits per heavy atom. The number of hydrogen-bond acceptors (Lipinski definition) is 5. The van der Waals surface area contributed by atoms with E-state index in [-0.39, 0.29) is 0 Å². The lowest BCUT2D eigenvalue weighted by Crippen LogP contribution is -1.96. The number of aryl methyl sites for hydroxylation is 1. The number of anilines is 1. The zero-order chi connectivity index (χ0) is 13.3. The predicted molar refractivity (Wildman–Crippen MR) is 68.9 cm³/mol. The van der Waals surface area contributed by atoms with Gasteiger partial charge in [0.25, 0.3) is 0 Å². The van der Waals surface area contributed by atoms with Crippen LogP contribution in [0.5, 0.6) is 11.5 Å². The van der Waals surface area contributed by atoms with Gasteiger partial charge in [-0.15, -0.1) is 0 Å². The summed E-state index contributed by atoms with van der Waals surface area (Å²) in [4.78, 5) is 0. The third-order valence-electron chi connectivity index (χ3n) is 2.93. The lowest BCUT2D eigenvalue weighted by molar-refractivity contribution is 0.386. The summed E-state index contributed by atoms with van der Waals surface area (Å²) in [6.45, 7) is 3.71. The van der Waals surface area contributed by atoms with Crippen LogP contribution in [0.15, 0.2) is 16.7 Å². The molecule has 0 saturated heterocycles. The van der Waals surface area contributed by atoms with E-state index in [9.17, 15) is 0 Å². The van der Waals surface area contributed by atoms with Crippen LogP contribution in [0.2, 0.25) is 0 Å². The fourth-order valence-electron chi connectivity index (χ4n) is 1.91. The van der Waals surface area contributed by atoms with Crippen molar-refractivity contribution in [2.75, 3.05) is 20.0 Å². The Hall–Kier alpha value is -2.17. The SMILES string of the molecule is COc1ccc(-c2onc(C)c2N)c(OC)c1C. The molecule has 0 aliphatic heterocycles. The van der Waals surface area contributed by atoms with E-state index >= 15 is 0 Å². The predicted octanol–water partition coefficient (Wildman–Crippen LogP) is 2.56. The van der Waals surface area contributed by atoms with Crippen molar-refractivity contribution in [3.05, 3.63) is 23.4 Å². The molecule has 96 valence electrons. The van der Waals surface area contributed by atoms with Gasteiger partial charge in [-0.3, -0.25) is 0 Å². The highest BCUT2D eigenvalue weighted by Crippen LogP contribution is 2.40. The minimum absolute atomic E-state index is 0.523. The van der Waals surface area contributed by atoms with E-state index in [2.05, 4.69) is 5.16 Å². The molecule has 5 heteroatoms. The topological polar surface area (TPSA) is 70.5 Å². The summed E-state index contributed by atoms with van der Waals surface area (Å²) in [5, 5.41) is 3.85. The summed E-state index contributed by atoms with van der Waals surface area (Å²) in [6, 6.07) is 3.70. The van der Waals surface area contributed by atoms with Gasteiger partial charge in [-0.05, 0) is 26.0 Å². The number of nitrogens with zero attached hydrogens (tertiary/aromatic N) is 1. The quantitative estimate of drug-likeness (QED) is 0.903. The monoisotopic (exact) mass is 248 g/mol. The van der Waals surface area contributed by atoms with Crippen LogP contribution in [0, 0.1) is 13.8 Å². The fraction of sp³-hybridized carbons (Fsp3) is 0.308. The van der Waals surface area contributed by atoms with Crippen LogP contribution in [0.3, 0.4) is 0 Å². The van der Waals surface area contributed by atoms with Gasteiger partial charge < -0.3 is 19.7 Å². The Morgan fingerprint density at radius 1 is 1.17 bits per heavy atom. The smallest absolute Gasteiger partial charge is 0.193 e. The lowest BCUT2D eigenvalue weighted by Gasteiger charge is -2.13. The average molecular weight is 248 g/mol. The van der Waals surface area contributed by atoms with Crippen LogP contribution in [0.4, 0.5) is 5.69 Å². The number of rotatable bonds is 3. The summed E-state index contributed by atoms with van der Waals surface area (Å²) >= 11 is 0. The molecule has 0 saturated carbocycles. The van der Waals surface area contributed by atoms with Crippen molar-refractivity contribution in [1.29, 1.82) is 0 Å². The molecule has 0 fully saturated rings. The molecule has 0 bridgehead atoms. The number of nitrogens with two attached hydrogens (primary N) is 1. The molecule has 0 atom stereocenters. The van der Waals surface area contributed by atoms with Gasteiger partial charge >= 0.3 is 0 Å². The highest BCUT2D eigenvalue weighted by Gasteiger charge is 2.19. The third kappa shape index (κ3) is 1.77. The second-order valence-corrected chi connectivity index (χ2v) is 3.98. The maximum absolute atomic E-state index is 5.94. The van der Waals surface area contributed by atoms with Crippen molar-refractivity contribution < 1.29 is 14.0 Å². The standard InChI is InChI=1S/C13H16N2O3/c1-7-10(16-3)6-5-9(12(7)17-4)13-11(14)8(2)15-18-13/h5-6H,14H2,1-4H3. The summed E-state index contributed by atoms with van der Waals surface area (Å²) in [5.41, 5.74) is 8.80. The summed E-state index contributed by atoms with van der Waals surface area (Å²) in [5.74, 6) is 1.96. The first-order chi connectivity index (χ1) is 8.60. The molecule has 1 aromatic heterocycles. The molecule has 5 nitrogen and oxygen atoms in total. The number of nitrogen functional groups attached to an aromatic ring is 1. The van der Waals surface area contributed by atoms with E-state index in [0.717, 1.165) is 16.9 Å². The number of benzene rings is 1.